The zero-order chi connectivity index (χ0) is 16.2. The van der Waals surface area contributed by atoms with Crippen LogP contribution in [0.15, 0.2) is 16.6 Å². The number of nitrogens with one attached hydrogen (secondary N) is 1. The van der Waals surface area contributed by atoms with Gasteiger partial charge in [0.1, 0.15) is 12.4 Å². The number of hydrogen-bond acceptors (Lipinski definition) is 2. The van der Waals surface area contributed by atoms with Gasteiger partial charge in [0.2, 0.25) is 0 Å². The Bertz CT molecular complexity index is 531. The second kappa shape index (κ2) is 7.35. The first kappa shape index (κ1) is 17.4. The highest BCUT2D eigenvalue weighted by molar-refractivity contribution is 9.10. The summed E-state index contributed by atoms with van der Waals surface area (Å²) in [5.41, 5.74) is -0.236. The number of carbonyl (C=O) groups excluding carboxylic acids is 1. The number of amides is 2. The van der Waals surface area contributed by atoms with E-state index in [1.54, 1.807) is 13.8 Å². The molecule has 0 aliphatic heterocycles. The monoisotopic (exact) mass is 364 g/mol. The van der Waals surface area contributed by atoms with E-state index in [4.69, 9.17) is 5.11 Å². The number of benzene rings is 1. The van der Waals surface area contributed by atoms with Crippen molar-refractivity contribution in [3.05, 3.63) is 28.2 Å². The molecule has 1 aromatic rings. The topological polar surface area (TPSA) is 69.6 Å². The molecule has 2 amide bonds. The van der Waals surface area contributed by atoms with E-state index in [1.165, 1.54) is 0 Å². The molecular weight excluding hydrogens is 350 g/mol. The molecule has 5 nitrogen and oxygen atoms in total. The van der Waals surface area contributed by atoms with E-state index in [0.29, 0.717) is 12.5 Å². The average molecular weight is 365 g/mol. The third kappa shape index (κ3) is 4.66. The molecule has 2 N–H and O–H groups in total. The van der Waals surface area contributed by atoms with E-state index in [1.807, 2.05) is 0 Å². The number of aliphatic carboxylic acids is 1. The second-order valence-corrected chi connectivity index (χ2v) is 5.31. The normalized spacial score (nSPS) is 11.9. The van der Waals surface area contributed by atoms with Gasteiger partial charge < -0.3 is 15.3 Å². The third-order valence-electron chi connectivity index (χ3n) is 2.93. The number of nitrogens with zero attached hydrogens (tertiary/aromatic N) is 1. The van der Waals surface area contributed by atoms with E-state index in [9.17, 15) is 18.4 Å². The maximum Gasteiger partial charge on any atom is 0.323 e. The van der Waals surface area contributed by atoms with Gasteiger partial charge in [-0.25, -0.2) is 13.6 Å². The maximum atomic E-state index is 13.7. The van der Waals surface area contributed by atoms with Gasteiger partial charge in [0.25, 0.3) is 0 Å². The maximum absolute atomic E-state index is 13.7. The predicted molar refractivity (Wildman–Crippen MR) is 77.2 cm³/mol. The minimum absolute atomic E-state index is 0.0350. The second-order valence-electron chi connectivity index (χ2n) is 4.45. The minimum atomic E-state index is -1.18. The minimum Gasteiger partial charge on any atom is -0.480 e. The summed E-state index contributed by atoms with van der Waals surface area (Å²) < 4.78 is 26.7. The first-order valence-corrected chi connectivity index (χ1v) is 6.99. The number of hydrogen-bond donors (Lipinski definition) is 2. The number of urea groups is 1. The summed E-state index contributed by atoms with van der Waals surface area (Å²) >= 11 is 2.95. The molecule has 0 saturated carbocycles. The fourth-order valence-corrected chi connectivity index (χ4v) is 2.14. The zero-order valence-electron chi connectivity index (χ0n) is 11.5. The lowest BCUT2D eigenvalue weighted by Gasteiger charge is -2.27. The summed E-state index contributed by atoms with van der Waals surface area (Å²) in [5.74, 6) is -2.92. The number of carbonyl (C=O) groups is 2. The Hall–Kier alpha value is -1.70. The molecule has 0 saturated heterocycles. The van der Waals surface area contributed by atoms with Crippen LogP contribution in [0.25, 0.3) is 0 Å². The zero-order valence-corrected chi connectivity index (χ0v) is 13.1. The van der Waals surface area contributed by atoms with Crippen LogP contribution in [0, 0.1) is 11.6 Å². The van der Waals surface area contributed by atoms with Crippen LogP contribution in [0.2, 0.25) is 0 Å². The molecule has 0 aliphatic carbocycles. The first-order chi connectivity index (χ1) is 9.76. The number of halogens is 3. The average Bonchev–Trinajstić information content (AvgIpc) is 2.38. The Morgan fingerprint density at radius 2 is 2.05 bits per heavy atom. The van der Waals surface area contributed by atoms with Crippen LogP contribution >= 0.6 is 15.9 Å². The van der Waals surface area contributed by atoms with Crippen LogP contribution in [-0.4, -0.2) is 34.6 Å². The highest BCUT2D eigenvalue weighted by Gasteiger charge is 2.23. The molecule has 1 unspecified atom stereocenters. The van der Waals surface area contributed by atoms with Crippen molar-refractivity contribution in [3.8, 4) is 0 Å². The molecule has 8 heteroatoms. The van der Waals surface area contributed by atoms with Crippen molar-refractivity contribution >= 4 is 33.6 Å². The van der Waals surface area contributed by atoms with Gasteiger partial charge in [-0.15, -0.1) is 0 Å². The number of anilines is 1. The molecule has 0 bridgehead atoms. The van der Waals surface area contributed by atoms with Gasteiger partial charge in [-0.2, -0.15) is 0 Å². The van der Waals surface area contributed by atoms with E-state index in [0.717, 1.165) is 11.0 Å². The number of carboxylic acids is 1. The van der Waals surface area contributed by atoms with Crippen LogP contribution in [0.5, 0.6) is 0 Å². The molecule has 1 atom stereocenters. The van der Waals surface area contributed by atoms with Crippen molar-refractivity contribution in [2.75, 3.05) is 11.9 Å². The van der Waals surface area contributed by atoms with E-state index >= 15 is 0 Å². The SMILES string of the molecule is CCC(C)N(CC(=O)O)C(=O)Nc1c(F)cc(F)cc1Br. The van der Waals surface area contributed by atoms with Crippen molar-refractivity contribution in [3.63, 3.8) is 0 Å². The lowest BCUT2D eigenvalue weighted by atomic mass is 10.2. The van der Waals surface area contributed by atoms with Crippen LogP contribution in [0.3, 0.4) is 0 Å². The van der Waals surface area contributed by atoms with Gasteiger partial charge in [-0.05, 0) is 35.3 Å². The summed E-state index contributed by atoms with van der Waals surface area (Å²) in [6.45, 7) is 2.96. The molecule has 0 fully saturated rings. The molecule has 0 heterocycles. The molecule has 1 aromatic carbocycles. The summed E-state index contributed by atoms with van der Waals surface area (Å²) in [5, 5.41) is 11.1. The first-order valence-electron chi connectivity index (χ1n) is 6.20. The highest BCUT2D eigenvalue weighted by Crippen LogP contribution is 2.27. The summed E-state index contributed by atoms with van der Waals surface area (Å²) in [4.78, 5) is 24.0. The van der Waals surface area contributed by atoms with Crippen LogP contribution in [0.4, 0.5) is 19.3 Å². The molecule has 0 spiro atoms. The quantitative estimate of drug-likeness (QED) is 0.840. The van der Waals surface area contributed by atoms with Crippen LogP contribution < -0.4 is 5.32 Å². The largest absolute Gasteiger partial charge is 0.480 e. The van der Waals surface area contributed by atoms with Gasteiger partial charge >= 0.3 is 12.0 Å². The lowest BCUT2D eigenvalue weighted by Crippen LogP contribution is -2.44. The Kier molecular flexibility index (Phi) is 6.07. The van der Waals surface area contributed by atoms with Crippen molar-refractivity contribution < 1.29 is 23.5 Å². The van der Waals surface area contributed by atoms with E-state index in [2.05, 4.69) is 21.2 Å². The number of carboxylic acid groups (broad SMARTS) is 1. The van der Waals surface area contributed by atoms with Gasteiger partial charge in [-0.1, -0.05) is 6.92 Å². The summed E-state index contributed by atoms with van der Waals surface area (Å²) in [7, 11) is 0. The van der Waals surface area contributed by atoms with Gasteiger partial charge in [0, 0.05) is 16.6 Å². The molecule has 21 heavy (non-hydrogen) atoms. The van der Waals surface area contributed by atoms with Crippen molar-refractivity contribution in [2.45, 2.75) is 26.3 Å². The van der Waals surface area contributed by atoms with Crippen LogP contribution in [0.1, 0.15) is 20.3 Å². The molecule has 0 radical (unpaired) electrons. The Morgan fingerprint density at radius 1 is 1.43 bits per heavy atom. The molecule has 1 rings (SSSR count). The predicted octanol–water partition coefficient (Wildman–Crippen LogP) is 3.44. The fraction of sp³-hybridized carbons (Fsp3) is 0.385. The Balaban J connectivity index is 2.99. The third-order valence-corrected chi connectivity index (χ3v) is 3.55. The molecule has 116 valence electrons. The molecule has 0 aliphatic rings. The van der Waals surface area contributed by atoms with Crippen molar-refractivity contribution in [2.24, 2.45) is 0 Å². The summed E-state index contributed by atoms with van der Waals surface area (Å²) in [6.07, 6.45) is 0.535. The van der Waals surface area contributed by atoms with Crippen molar-refractivity contribution in [1.82, 2.24) is 4.90 Å². The van der Waals surface area contributed by atoms with Gasteiger partial charge in [0.15, 0.2) is 5.82 Å². The fourth-order valence-electron chi connectivity index (χ4n) is 1.63. The number of rotatable bonds is 5. The standard InChI is InChI=1S/C13H15BrF2N2O3/c1-3-7(2)18(6-11(19)20)13(21)17-12-9(14)4-8(15)5-10(12)16/h4-5,7H,3,6H2,1-2H3,(H,17,21)(H,19,20). The highest BCUT2D eigenvalue weighted by atomic mass is 79.9. The van der Waals surface area contributed by atoms with E-state index in [-0.39, 0.29) is 16.2 Å². The Labute approximate surface area is 129 Å². The van der Waals surface area contributed by atoms with Gasteiger partial charge in [0.05, 0.1) is 5.69 Å². The smallest absolute Gasteiger partial charge is 0.323 e. The van der Waals surface area contributed by atoms with Crippen LogP contribution in [-0.2, 0) is 4.79 Å². The summed E-state index contributed by atoms with van der Waals surface area (Å²) in [6, 6.07) is 0.524. The molecular formula is C13H15BrF2N2O3. The molecule has 0 aromatic heterocycles. The van der Waals surface area contributed by atoms with Crippen molar-refractivity contribution in [1.29, 1.82) is 0 Å². The van der Waals surface area contributed by atoms with Gasteiger partial charge in [-0.3, -0.25) is 4.79 Å². The lowest BCUT2D eigenvalue weighted by molar-refractivity contribution is -0.138. The van der Waals surface area contributed by atoms with E-state index < -0.39 is 30.2 Å². The Morgan fingerprint density at radius 3 is 2.52 bits per heavy atom.